The number of amides is 2. The number of nitrogens with one attached hydrogen (secondary N) is 2. The summed E-state index contributed by atoms with van der Waals surface area (Å²) in [5.41, 5.74) is -0.676. The van der Waals surface area contributed by atoms with Gasteiger partial charge in [0.05, 0.1) is 16.8 Å². The van der Waals surface area contributed by atoms with Crippen molar-refractivity contribution in [3.05, 3.63) is 22.4 Å². The average molecular weight is 324 g/mol. The lowest BCUT2D eigenvalue weighted by Gasteiger charge is -2.30. The number of hydrogen-bond donors (Lipinski definition) is 3. The van der Waals surface area contributed by atoms with Crippen molar-refractivity contribution < 1.29 is 19.5 Å². The summed E-state index contributed by atoms with van der Waals surface area (Å²) >= 11 is 1.30. The Kier molecular flexibility index (Phi) is 5.18. The Hall–Kier alpha value is -1.89. The van der Waals surface area contributed by atoms with Gasteiger partial charge in [0.1, 0.15) is 6.04 Å². The maximum atomic E-state index is 12.3. The number of carbonyl (C=O) groups is 3. The Bertz CT molecular complexity index is 550. The Balaban J connectivity index is 1.95. The number of carboxylic acid groups (broad SMARTS) is 1. The highest BCUT2D eigenvalue weighted by Gasteiger charge is 2.38. The van der Waals surface area contributed by atoms with Crippen molar-refractivity contribution in [1.82, 2.24) is 10.6 Å². The summed E-state index contributed by atoms with van der Waals surface area (Å²) in [4.78, 5) is 35.8. The molecule has 0 aromatic carbocycles. The van der Waals surface area contributed by atoms with Crippen LogP contribution >= 0.6 is 11.3 Å². The highest BCUT2D eigenvalue weighted by molar-refractivity contribution is 7.12. The molecule has 2 rings (SSSR count). The Morgan fingerprint density at radius 1 is 1.36 bits per heavy atom. The van der Waals surface area contributed by atoms with Gasteiger partial charge < -0.3 is 15.7 Å². The first kappa shape index (κ1) is 16.5. The highest BCUT2D eigenvalue weighted by atomic mass is 32.1. The molecule has 3 N–H and O–H groups in total. The zero-order chi connectivity index (χ0) is 16.2. The number of carbonyl (C=O) groups excluding carboxylic acids is 2. The molecule has 1 aliphatic carbocycles. The van der Waals surface area contributed by atoms with Crippen LogP contribution in [0.25, 0.3) is 0 Å². The molecule has 1 atom stereocenters. The number of aliphatic carboxylic acids is 1. The second-order valence-corrected chi connectivity index (χ2v) is 6.67. The summed E-state index contributed by atoms with van der Waals surface area (Å²) in [6, 6.07) is 2.75. The molecule has 0 spiro atoms. The van der Waals surface area contributed by atoms with Gasteiger partial charge in [-0.25, -0.2) is 0 Å². The summed E-state index contributed by atoms with van der Waals surface area (Å²) in [7, 11) is 0. The predicted molar refractivity (Wildman–Crippen MR) is 82.8 cm³/mol. The molecule has 0 aliphatic heterocycles. The molecule has 6 nitrogen and oxygen atoms in total. The van der Waals surface area contributed by atoms with Crippen molar-refractivity contribution in [3.63, 3.8) is 0 Å². The number of hydrogen-bond acceptors (Lipinski definition) is 4. The first-order valence-electron chi connectivity index (χ1n) is 7.30. The van der Waals surface area contributed by atoms with Crippen LogP contribution in [-0.4, -0.2) is 34.5 Å². The van der Waals surface area contributed by atoms with Crippen LogP contribution in [0.5, 0.6) is 0 Å². The smallest absolute Gasteiger partial charge is 0.305 e. The Labute approximate surface area is 132 Å². The van der Waals surface area contributed by atoms with E-state index in [1.807, 2.05) is 0 Å². The number of thiophene rings is 1. The fourth-order valence-corrected chi connectivity index (χ4v) is 3.42. The van der Waals surface area contributed by atoms with Crippen molar-refractivity contribution in [2.75, 3.05) is 0 Å². The molecule has 1 aliphatic rings. The standard InChI is InChI=1S/C15H20N2O4S/c1-10(16-14(21)11-5-4-8-22-11)13(20)17-15(9-12(18)19)6-2-3-7-15/h4-5,8,10H,2-3,6-7,9H2,1H3,(H,16,21)(H,17,20)(H,18,19). The summed E-state index contributed by atoms with van der Waals surface area (Å²) in [6.07, 6.45) is 3.06. The minimum atomic E-state index is -0.919. The van der Waals surface area contributed by atoms with Crippen LogP contribution in [-0.2, 0) is 9.59 Å². The normalized spacial score (nSPS) is 17.7. The van der Waals surface area contributed by atoms with E-state index in [1.165, 1.54) is 11.3 Å². The van der Waals surface area contributed by atoms with Crippen molar-refractivity contribution in [2.24, 2.45) is 0 Å². The first-order valence-corrected chi connectivity index (χ1v) is 8.18. The van der Waals surface area contributed by atoms with E-state index in [0.717, 1.165) is 12.8 Å². The largest absolute Gasteiger partial charge is 0.481 e. The van der Waals surface area contributed by atoms with Crippen molar-refractivity contribution in [3.8, 4) is 0 Å². The van der Waals surface area contributed by atoms with Gasteiger partial charge in [0.25, 0.3) is 5.91 Å². The summed E-state index contributed by atoms with van der Waals surface area (Å²) in [5.74, 6) is -1.55. The lowest BCUT2D eigenvalue weighted by atomic mass is 9.93. The number of carboxylic acids is 1. The molecule has 2 amide bonds. The van der Waals surface area contributed by atoms with Gasteiger partial charge in [-0.15, -0.1) is 11.3 Å². The van der Waals surface area contributed by atoms with Crippen LogP contribution in [0.15, 0.2) is 17.5 Å². The maximum Gasteiger partial charge on any atom is 0.305 e. The SMILES string of the molecule is CC(NC(=O)c1cccs1)C(=O)NC1(CC(=O)O)CCCC1. The van der Waals surface area contributed by atoms with Gasteiger partial charge in [-0.3, -0.25) is 14.4 Å². The number of rotatable bonds is 6. The van der Waals surface area contributed by atoms with Crippen LogP contribution in [0, 0.1) is 0 Å². The van der Waals surface area contributed by atoms with Gasteiger partial charge in [-0.2, -0.15) is 0 Å². The second kappa shape index (κ2) is 6.91. The van der Waals surface area contributed by atoms with E-state index in [4.69, 9.17) is 5.11 Å². The van der Waals surface area contributed by atoms with Crippen molar-refractivity contribution in [2.45, 2.75) is 50.6 Å². The predicted octanol–water partition coefficient (Wildman–Crippen LogP) is 1.77. The fourth-order valence-electron chi connectivity index (χ4n) is 2.80. The van der Waals surface area contributed by atoms with Gasteiger partial charge in [0.15, 0.2) is 0 Å². The lowest BCUT2D eigenvalue weighted by molar-refractivity contribution is -0.139. The van der Waals surface area contributed by atoms with E-state index < -0.39 is 17.6 Å². The molecule has 1 saturated carbocycles. The molecule has 1 aromatic rings. The molecule has 1 unspecified atom stereocenters. The third-order valence-corrected chi connectivity index (χ3v) is 4.79. The zero-order valence-corrected chi connectivity index (χ0v) is 13.2. The Morgan fingerprint density at radius 3 is 2.59 bits per heavy atom. The van der Waals surface area contributed by atoms with Gasteiger partial charge in [0, 0.05) is 0 Å². The molecule has 1 aromatic heterocycles. The van der Waals surface area contributed by atoms with Crippen LogP contribution in [0.2, 0.25) is 0 Å². The van der Waals surface area contributed by atoms with Gasteiger partial charge in [-0.1, -0.05) is 18.9 Å². The van der Waals surface area contributed by atoms with E-state index in [2.05, 4.69) is 10.6 Å². The molecular formula is C15H20N2O4S. The second-order valence-electron chi connectivity index (χ2n) is 5.72. The maximum absolute atomic E-state index is 12.3. The van der Waals surface area contributed by atoms with Gasteiger partial charge in [-0.05, 0) is 31.2 Å². The van der Waals surface area contributed by atoms with E-state index >= 15 is 0 Å². The van der Waals surface area contributed by atoms with E-state index in [-0.39, 0.29) is 18.2 Å². The molecule has 1 heterocycles. The van der Waals surface area contributed by atoms with Crippen LogP contribution < -0.4 is 10.6 Å². The van der Waals surface area contributed by atoms with Gasteiger partial charge in [0.2, 0.25) is 5.91 Å². The van der Waals surface area contributed by atoms with E-state index in [9.17, 15) is 14.4 Å². The average Bonchev–Trinajstić information content (AvgIpc) is 3.09. The lowest BCUT2D eigenvalue weighted by Crippen LogP contribution is -2.54. The third kappa shape index (κ3) is 4.07. The first-order chi connectivity index (χ1) is 10.4. The van der Waals surface area contributed by atoms with Crippen molar-refractivity contribution in [1.29, 1.82) is 0 Å². The molecule has 22 heavy (non-hydrogen) atoms. The summed E-state index contributed by atoms with van der Waals surface area (Å²) < 4.78 is 0. The molecule has 0 bridgehead atoms. The summed E-state index contributed by atoms with van der Waals surface area (Å²) in [5, 5.41) is 16.3. The topological polar surface area (TPSA) is 95.5 Å². The molecule has 0 saturated heterocycles. The van der Waals surface area contributed by atoms with E-state index in [1.54, 1.807) is 24.4 Å². The summed E-state index contributed by atoms with van der Waals surface area (Å²) in [6.45, 7) is 1.60. The molecule has 0 radical (unpaired) electrons. The van der Waals surface area contributed by atoms with Gasteiger partial charge >= 0.3 is 5.97 Å². The third-order valence-electron chi connectivity index (χ3n) is 3.92. The highest BCUT2D eigenvalue weighted by Crippen LogP contribution is 2.32. The minimum Gasteiger partial charge on any atom is -0.481 e. The zero-order valence-electron chi connectivity index (χ0n) is 12.4. The quantitative estimate of drug-likeness (QED) is 0.743. The van der Waals surface area contributed by atoms with E-state index in [0.29, 0.717) is 17.7 Å². The molecule has 7 heteroatoms. The van der Waals surface area contributed by atoms with Crippen LogP contribution in [0.4, 0.5) is 0 Å². The molecule has 1 fully saturated rings. The fraction of sp³-hybridized carbons (Fsp3) is 0.533. The molecular weight excluding hydrogens is 304 g/mol. The van der Waals surface area contributed by atoms with Crippen LogP contribution in [0.1, 0.15) is 48.7 Å². The molecule has 120 valence electrons. The van der Waals surface area contributed by atoms with Crippen molar-refractivity contribution >= 4 is 29.1 Å². The Morgan fingerprint density at radius 2 is 2.05 bits per heavy atom. The monoisotopic (exact) mass is 324 g/mol. The minimum absolute atomic E-state index is 0.0790. The van der Waals surface area contributed by atoms with Crippen LogP contribution in [0.3, 0.4) is 0 Å².